The van der Waals surface area contributed by atoms with Crippen molar-refractivity contribution in [3.8, 4) is 0 Å². The summed E-state index contributed by atoms with van der Waals surface area (Å²) in [4.78, 5) is 30.7. The van der Waals surface area contributed by atoms with Crippen molar-refractivity contribution in [3.05, 3.63) is 29.8 Å². The van der Waals surface area contributed by atoms with Gasteiger partial charge in [-0.15, -0.1) is 0 Å². The second-order valence-electron chi connectivity index (χ2n) is 9.06. The van der Waals surface area contributed by atoms with E-state index in [0.29, 0.717) is 12.5 Å². The molecule has 1 aliphatic rings. The van der Waals surface area contributed by atoms with Crippen LogP contribution in [0.15, 0.2) is 24.3 Å². The number of hydrogen-bond acceptors (Lipinski definition) is 4. The third-order valence-electron chi connectivity index (χ3n) is 5.25. The summed E-state index contributed by atoms with van der Waals surface area (Å²) in [5.41, 5.74) is 1.39. The van der Waals surface area contributed by atoms with Crippen molar-refractivity contribution in [1.29, 1.82) is 0 Å². The zero-order valence-corrected chi connectivity index (χ0v) is 18.9. The third kappa shape index (κ3) is 6.94. The van der Waals surface area contributed by atoms with Gasteiger partial charge in [0.2, 0.25) is 0 Å². The molecule has 162 valence electrons. The molecule has 0 spiro atoms. The van der Waals surface area contributed by atoms with Crippen molar-refractivity contribution >= 4 is 17.7 Å². The summed E-state index contributed by atoms with van der Waals surface area (Å²) < 4.78 is 5.42. The van der Waals surface area contributed by atoms with Crippen molar-refractivity contribution in [2.75, 3.05) is 45.2 Å². The molecule has 2 rings (SSSR count). The number of carbonyl (C=O) groups excluding carboxylic acids is 2. The Balaban J connectivity index is 1.84. The minimum absolute atomic E-state index is 0.0913. The smallest absolute Gasteiger partial charge is 0.410 e. The highest BCUT2D eigenvalue weighted by molar-refractivity contribution is 5.94. The molecule has 0 unspecified atom stereocenters. The van der Waals surface area contributed by atoms with E-state index in [-0.39, 0.29) is 12.0 Å². The quantitative estimate of drug-likeness (QED) is 0.712. The Morgan fingerprint density at radius 2 is 1.69 bits per heavy atom. The summed E-state index contributed by atoms with van der Waals surface area (Å²) >= 11 is 0. The second-order valence-corrected chi connectivity index (χ2v) is 9.06. The third-order valence-corrected chi connectivity index (χ3v) is 5.25. The van der Waals surface area contributed by atoms with Gasteiger partial charge in [-0.2, -0.15) is 0 Å². The Hall–Kier alpha value is -2.24. The van der Waals surface area contributed by atoms with E-state index in [0.717, 1.165) is 50.1 Å². The summed E-state index contributed by atoms with van der Waals surface area (Å²) in [6.07, 6.45) is 2.60. The van der Waals surface area contributed by atoms with Gasteiger partial charge in [-0.1, -0.05) is 6.92 Å². The zero-order valence-electron chi connectivity index (χ0n) is 18.9. The molecule has 1 saturated heterocycles. The second kappa shape index (κ2) is 9.99. The molecule has 1 aromatic carbocycles. The highest BCUT2D eigenvalue weighted by Crippen LogP contribution is 2.22. The van der Waals surface area contributed by atoms with Crippen molar-refractivity contribution in [3.63, 3.8) is 0 Å². The largest absolute Gasteiger partial charge is 0.444 e. The van der Waals surface area contributed by atoms with Gasteiger partial charge in [-0.25, -0.2) is 4.79 Å². The van der Waals surface area contributed by atoms with Crippen LogP contribution in [-0.4, -0.2) is 67.7 Å². The topological polar surface area (TPSA) is 53.1 Å². The fourth-order valence-corrected chi connectivity index (χ4v) is 3.63. The molecule has 0 atom stereocenters. The Labute approximate surface area is 175 Å². The molecule has 6 heteroatoms. The first-order chi connectivity index (χ1) is 13.6. The van der Waals surface area contributed by atoms with Crippen LogP contribution in [0.3, 0.4) is 0 Å². The standard InChI is InChI=1S/C23H37N3O3/c1-7-14-24(5)20-10-8-19(9-11-20)21(27)26-15-12-18(13-16-26)17-25(6)22(28)29-23(2,3)4/h8-11,18H,7,12-17H2,1-6H3. The lowest BCUT2D eigenvalue weighted by Crippen LogP contribution is -2.43. The molecule has 0 aliphatic carbocycles. The lowest BCUT2D eigenvalue weighted by molar-refractivity contribution is 0.0246. The maximum atomic E-state index is 12.8. The summed E-state index contributed by atoms with van der Waals surface area (Å²) in [6, 6.07) is 7.88. The van der Waals surface area contributed by atoms with Crippen LogP contribution in [0, 0.1) is 5.92 Å². The molecule has 0 aromatic heterocycles. The molecule has 0 N–H and O–H groups in total. The van der Waals surface area contributed by atoms with E-state index < -0.39 is 5.60 Å². The van der Waals surface area contributed by atoms with Gasteiger partial charge >= 0.3 is 6.09 Å². The highest BCUT2D eigenvalue weighted by Gasteiger charge is 2.27. The van der Waals surface area contributed by atoms with E-state index in [1.54, 1.807) is 11.9 Å². The van der Waals surface area contributed by atoms with Crippen LogP contribution in [0.2, 0.25) is 0 Å². The molecule has 0 bridgehead atoms. The molecular formula is C23H37N3O3. The van der Waals surface area contributed by atoms with Crippen LogP contribution in [0.5, 0.6) is 0 Å². The van der Waals surface area contributed by atoms with Crippen molar-refractivity contribution in [2.45, 2.75) is 52.6 Å². The number of amides is 2. The number of hydrogen-bond donors (Lipinski definition) is 0. The number of anilines is 1. The molecular weight excluding hydrogens is 366 g/mol. The Kier molecular flexibility index (Phi) is 7.94. The van der Waals surface area contributed by atoms with E-state index >= 15 is 0 Å². The molecule has 0 saturated carbocycles. The van der Waals surface area contributed by atoms with Crippen molar-refractivity contribution < 1.29 is 14.3 Å². The lowest BCUT2D eigenvalue weighted by Gasteiger charge is -2.34. The van der Waals surface area contributed by atoms with Gasteiger partial charge in [-0.05, 0) is 70.2 Å². The number of likely N-dealkylation sites (tertiary alicyclic amines) is 1. The molecule has 6 nitrogen and oxygen atoms in total. The minimum Gasteiger partial charge on any atom is -0.444 e. The summed E-state index contributed by atoms with van der Waals surface area (Å²) in [6.45, 7) is 10.9. The maximum absolute atomic E-state index is 12.8. The van der Waals surface area contributed by atoms with E-state index in [1.165, 1.54) is 0 Å². The monoisotopic (exact) mass is 403 g/mol. The van der Waals surface area contributed by atoms with Gasteiger partial charge in [-0.3, -0.25) is 4.79 Å². The number of carbonyl (C=O) groups is 2. The zero-order chi connectivity index (χ0) is 21.6. The molecule has 29 heavy (non-hydrogen) atoms. The van der Waals surface area contributed by atoms with Gasteiger partial charge in [0.05, 0.1) is 0 Å². The van der Waals surface area contributed by atoms with Gasteiger partial charge in [0.15, 0.2) is 0 Å². The number of benzene rings is 1. The van der Waals surface area contributed by atoms with Gasteiger partial charge in [0.1, 0.15) is 5.60 Å². The molecule has 1 heterocycles. The van der Waals surface area contributed by atoms with Gasteiger partial charge in [0.25, 0.3) is 5.91 Å². The van der Waals surface area contributed by atoms with Crippen LogP contribution < -0.4 is 4.90 Å². The van der Waals surface area contributed by atoms with Gasteiger partial charge < -0.3 is 19.4 Å². The van der Waals surface area contributed by atoms with E-state index in [2.05, 4.69) is 18.9 Å². The SMILES string of the molecule is CCCN(C)c1ccc(C(=O)N2CCC(CN(C)C(=O)OC(C)(C)C)CC2)cc1. The van der Waals surface area contributed by atoms with Crippen LogP contribution in [0.25, 0.3) is 0 Å². The Morgan fingerprint density at radius 3 is 2.21 bits per heavy atom. The van der Waals surface area contributed by atoms with Crippen LogP contribution in [0.4, 0.5) is 10.5 Å². The van der Waals surface area contributed by atoms with Crippen LogP contribution in [-0.2, 0) is 4.74 Å². The van der Waals surface area contributed by atoms with Crippen LogP contribution in [0.1, 0.15) is 57.3 Å². The summed E-state index contributed by atoms with van der Waals surface area (Å²) in [7, 11) is 3.85. The fraction of sp³-hybridized carbons (Fsp3) is 0.652. The highest BCUT2D eigenvalue weighted by atomic mass is 16.6. The Bertz CT molecular complexity index is 674. The number of rotatable bonds is 6. The average Bonchev–Trinajstić information content (AvgIpc) is 2.67. The van der Waals surface area contributed by atoms with Crippen LogP contribution >= 0.6 is 0 Å². The first-order valence-corrected chi connectivity index (χ1v) is 10.6. The first-order valence-electron chi connectivity index (χ1n) is 10.6. The van der Waals surface area contributed by atoms with E-state index in [9.17, 15) is 9.59 Å². The first kappa shape index (κ1) is 23.0. The van der Waals surface area contributed by atoms with Crippen molar-refractivity contribution in [1.82, 2.24) is 9.80 Å². The molecule has 1 aliphatic heterocycles. The van der Waals surface area contributed by atoms with E-state index in [1.807, 2.05) is 49.9 Å². The maximum Gasteiger partial charge on any atom is 0.410 e. The summed E-state index contributed by atoms with van der Waals surface area (Å²) in [5, 5.41) is 0. The molecule has 1 fully saturated rings. The van der Waals surface area contributed by atoms with Gasteiger partial charge in [0, 0.05) is 51.5 Å². The minimum atomic E-state index is -0.484. The molecule has 0 radical (unpaired) electrons. The predicted octanol–water partition coefficient (Wildman–Crippen LogP) is 4.25. The molecule has 1 aromatic rings. The molecule has 2 amide bonds. The lowest BCUT2D eigenvalue weighted by atomic mass is 9.96. The Morgan fingerprint density at radius 1 is 1.10 bits per heavy atom. The average molecular weight is 404 g/mol. The van der Waals surface area contributed by atoms with E-state index in [4.69, 9.17) is 4.74 Å². The fourth-order valence-electron chi connectivity index (χ4n) is 3.63. The van der Waals surface area contributed by atoms with Crippen molar-refractivity contribution in [2.24, 2.45) is 5.92 Å². The normalized spacial score (nSPS) is 15.2. The number of ether oxygens (including phenoxy) is 1. The number of piperidine rings is 1. The number of nitrogens with zero attached hydrogens (tertiary/aromatic N) is 3. The predicted molar refractivity (Wildman–Crippen MR) is 117 cm³/mol. The summed E-state index contributed by atoms with van der Waals surface area (Å²) in [5.74, 6) is 0.482.